The Kier molecular flexibility index (Phi) is 8.42. The molecule has 0 spiro atoms. The second kappa shape index (κ2) is 13.0. The maximum Gasteiger partial charge on any atom is 0.276 e. The van der Waals surface area contributed by atoms with Crippen LogP contribution in [0.3, 0.4) is 0 Å². The minimum absolute atomic E-state index is 0.121. The zero-order chi connectivity index (χ0) is 35.1. The van der Waals surface area contributed by atoms with Crippen molar-refractivity contribution in [3.8, 4) is 46.2 Å². The van der Waals surface area contributed by atoms with E-state index in [1.165, 1.54) is 46.4 Å². The number of hydrogen-bond donors (Lipinski definition) is 2. The monoisotopic (exact) mass is 672 g/mol. The van der Waals surface area contributed by atoms with Crippen molar-refractivity contribution in [1.82, 2.24) is 29.2 Å². The summed E-state index contributed by atoms with van der Waals surface area (Å²) in [7, 11) is 0. The molecule has 12 nitrogen and oxygen atoms in total. The van der Waals surface area contributed by atoms with Crippen LogP contribution in [-0.2, 0) is 0 Å². The predicted molar refractivity (Wildman–Crippen MR) is 183 cm³/mol. The number of benzene rings is 2. The van der Waals surface area contributed by atoms with Gasteiger partial charge in [0, 0.05) is 40.7 Å². The molecule has 1 aliphatic rings. The average Bonchev–Trinajstić information content (AvgIpc) is 3.69. The summed E-state index contributed by atoms with van der Waals surface area (Å²) in [5, 5.41) is 24.8. The van der Waals surface area contributed by atoms with Gasteiger partial charge in [-0.25, -0.2) is 23.4 Å². The van der Waals surface area contributed by atoms with E-state index in [4.69, 9.17) is 14.5 Å². The average molecular weight is 673 g/mol. The Balaban J connectivity index is 1.17. The molecular formula is C37H33FN8O4. The van der Waals surface area contributed by atoms with Gasteiger partial charge in [0.05, 0.1) is 24.6 Å². The second-order valence-corrected chi connectivity index (χ2v) is 12.9. The molecule has 1 saturated carbocycles. The van der Waals surface area contributed by atoms with E-state index in [1.807, 2.05) is 51.1 Å². The van der Waals surface area contributed by atoms with Crippen molar-refractivity contribution in [3.05, 3.63) is 104 Å². The number of fused-ring (bicyclic) bond motifs is 2. The first-order chi connectivity index (χ1) is 24.2. The van der Waals surface area contributed by atoms with Crippen LogP contribution >= 0.6 is 0 Å². The number of H-pyrrole nitrogens is 2. The summed E-state index contributed by atoms with van der Waals surface area (Å²) in [4.78, 5) is 36.6. The minimum atomic E-state index is -0.586. The number of nitrogens with zero attached hydrogens (tertiary/aromatic N) is 6. The van der Waals surface area contributed by atoms with E-state index in [9.17, 15) is 20.1 Å². The second-order valence-electron chi connectivity index (χ2n) is 12.9. The molecule has 1 unspecified atom stereocenters. The molecule has 6 aromatic rings. The van der Waals surface area contributed by atoms with Crippen LogP contribution in [0.25, 0.3) is 33.8 Å². The van der Waals surface area contributed by atoms with Crippen LogP contribution in [0.4, 0.5) is 4.39 Å². The van der Waals surface area contributed by atoms with Gasteiger partial charge in [-0.1, -0.05) is 20.8 Å². The maximum absolute atomic E-state index is 15.1. The summed E-state index contributed by atoms with van der Waals surface area (Å²) in [6.45, 7) is 6.37. The van der Waals surface area contributed by atoms with E-state index in [0.29, 0.717) is 46.9 Å². The molecule has 0 saturated heterocycles. The Morgan fingerprint density at radius 2 is 1.44 bits per heavy atom. The van der Waals surface area contributed by atoms with Gasteiger partial charge in [-0.05, 0) is 73.4 Å². The van der Waals surface area contributed by atoms with Crippen molar-refractivity contribution in [2.75, 3.05) is 13.2 Å². The normalized spacial score (nSPS) is 13.4. The Labute approximate surface area is 285 Å². The number of hydrogen-bond acceptors (Lipinski definition) is 8. The van der Waals surface area contributed by atoms with Crippen LogP contribution in [-0.4, -0.2) is 42.4 Å². The topological polar surface area (TPSA) is 166 Å². The van der Waals surface area contributed by atoms with Gasteiger partial charge in [-0.3, -0.25) is 19.8 Å². The first-order valence-corrected chi connectivity index (χ1v) is 16.4. The molecule has 13 heteroatoms. The molecule has 0 aliphatic heterocycles. The van der Waals surface area contributed by atoms with Gasteiger partial charge >= 0.3 is 0 Å². The largest absolute Gasteiger partial charge is 0.493 e. The fourth-order valence-electron chi connectivity index (χ4n) is 6.11. The highest BCUT2D eigenvalue weighted by atomic mass is 19.1. The summed E-state index contributed by atoms with van der Waals surface area (Å²) < 4.78 is 29.5. The lowest BCUT2D eigenvalue weighted by molar-refractivity contribution is 0.299. The SMILES string of the molecule is CC(C)c1c(-c2cc(F)cc(OCCC(C)c3c(-c4ccc(OCC5CC5)cc4)nc4c(C#N)c[nH]n4c3=O)c2)nc2c(C#N)c[nH]n2c1=O. The van der Waals surface area contributed by atoms with E-state index < -0.39 is 5.82 Å². The highest BCUT2D eigenvalue weighted by Gasteiger charge is 2.25. The number of aromatic amines is 2. The Morgan fingerprint density at radius 3 is 2.02 bits per heavy atom. The van der Waals surface area contributed by atoms with E-state index in [1.54, 1.807) is 6.07 Å². The summed E-state index contributed by atoms with van der Waals surface area (Å²) in [5.74, 6) is 0.360. The van der Waals surface area contributed by atoms with E-state index in [-0.39, 0.29) is 63.4 Å². The van der Waals surface area contributed by atoms with Crippen LogP contribution < -0.4 is 20.6 Å². The fourth-order valence-corrected chi connectivity index (χ4v) is 6.11. The van der Waals surface area contributed by atoms with Gasteiger partial charge in [-0.15, -0.1) is 0 Å². The molecule has 1 fully saturated rings. The smallest absolute Gasteiger partial charge is 0.276 e. The predicted octanol–water partition coefficient (Wildman–Crippen LogP) is 6.06. The van der Waals surface area contributed by atoms with E-state index >= 15 is 4.39 Å². The maximum atomic E-state index is 15.1. The van der Waals surface area contributed by atoms with Crippen LogP contribution in [0.5, 0.6) is 11.5 Å². The molecule has 0 radical (unpaired) electrons. The third-order valence-corrected chi connectivity index (χ3v) is 8.98. The lowest BCUT2D eigenvalue weighted by Gasteiger charge is -2.17. The van der Waals surface area contributed by atoms with E-state index in [2.05, 4.69) is 21.3 Å². The Bertz CT molecular complexity index is 2460. The standard InChI is InChI=1S/C37H33FN8O4/c1-20(2)30-33(44-35-26(16-40)17-41-45(35)36(30)47)24-12-27(38)14-29(13-24)49-11-10-21(3)31-32(43-34-25(15-39)18-42-46(34)37(31)48)23-6-8-28(9-7-23)50-19-22-4-5-22/h6-9,12-14,17-18,20-22,41-42H,4-5,10-11,19H2,1-3H3. The summed E-state index contributed by atoms with van der Waals surface area (Å²) in [6.07, 6.45) is 5.59. The zero-order valence-corrected chi connectivity index (χ0v) is 27.7. The van der Waals surface area contributed by atoms with Crippen molar-refractivity contribution in [2.45, 2.75) is 51.9 Å². The lowest BCUT2D eigenvalue weighted by Crippen LogP contribution is -2.24. The zero-order valence-electron chi connectivity index (χ0n) is 27.7. The lowest BCUT2D eigenvalue weighted by atomic mass is 9.94. The molecule has 4 heterocycles. The quantitative estimate of drug-likeness (QED) is 0.168. The van der Waals surface area contributed by atoms with Gasteiger partial charge in [-0.2, -0.15) is 10.5 Å². The summed E-state index contributed by atoms with van der Waals surface area (Å²) >= 11 is 0. The van der Waals surface area contributed by atoms with Gasteiger partial charge in [0.2, 0.25) is 0 Å². The number of nitrogens with one attached hydrogen (secondary N) is 2. The molecule has 252 valence electrons. The van der Waals surface area contributed by atoms with Gasteiger partial charge in [0.25, 0.3) is 11.1 Å². The molecule has 4 aromatic heterocycles. The number of rotatable bonds is 11. The molecular weight excluding hydrogens is 639 g/mol. The van der Waals surface area contributed by atoms with Gasteiger partial charge in [0.15, 0.2) is 11.3 Å². The molecule has 1 aliphatic carbocycles. The van der Waals surface area contributed by atoms with Crippen molar-refractivity contribution in [2.24, 2.45) is 5.92 Å². The van der Waals surface area contributed by atoms with Crippen molar-refractivity contribution in [3.63, 3.8) is 0 Å². The number of halogens is 1. The Morgan fingerprint density at radius 1 is 0.840 bits per heavy atom. The minimum Gasteiger partial charge on any atom is -0.493 e. The number of ether oxygens (including phenoxy) is 2. The molecule has 0 amide bonds. The number of aromatic nitrogens is 6. The molecule has 0 bridgehead atoms. The van der Waals surface area contributed by atoms with Gasteiger partial charge in [0.1, 0.15) is 40.6 Å². The number of nitriles is 2. The van der Waals surface area contributed by atoms with Crippen molar-refractivity contribution >= 4 is 11.3 Å². The highest BCUT2D eigenvalue weighted by molar-refractivity contribution is 5.70. The van der Waals surface area contributed by atoms with Crippen LogP contribution in [0.1, 0.15) is 74.1 Å². The molecule has 2 N–H and O–H groups in total. The third kappa shape index (κ3) is 5.98. The van der Waals surface area contributed by atoms with E-state index in [0.717, 1.165) is 5.75 Å². The summed E-state index contributed by atoms with van der Waals surface area (Å²) in [6, 6.07) is 15.7. The third-order valence-electron chi connectivity index (χ3n) is 8.98. The van der Waals surface area contributed by atoms with Crippen LogP contribution in [0.15, 0.2) is 64.4 Å². The molecule has 50 heavy (non-hydrogen) atoms. The molecule has 7 rings (SSSR count). The summed E-state index contributed by atoms with van der Waals surface area (Å²) in [5.41, 5.74) is 2.65. The fraction of sp³-hybridized carbons (Fsp3) is 0.297. The molecule has 2 aromatic carbocycles. The molecule has 1 atom stereocenters. The van der Waals surface area contributed by atoms with Crippen molar-refractivity contribution in [1.29, 1.82) is 10.5 Å². The van der Waals surface area contributed by atoms with Crippen molar-refractivity contribution < 1.29 is 13.9 Å². The van der Waals surface area contributed by atoms with Crippen LogP contribution in [0, 0.1) is 34.4 Å². The highest BCUT2D eigenvalue weighted by Crippen LogP contribution is 2.33. The van der Waals surface area contributed by atoms with Crippen LogP contribution in [0.2, 0.25) is 0 Å². The first-order valence-electron chi connectivity index (χ1n) is 16.4. The van der Waals surface area contributed by atoms with Gasteiger partial charge < -0.3 is 9.47 Å². The first kappa shape index (κ1) is 32.3. The Hall–Kier alpha value is -6.21.